The molecular weight excluding hydrogens is 373 g/mol. The first-order chi connectivity index (χ1) is 11.4. The predicted molar refractivity (Wildman–Crippen MR) is 110 cm³/mol. The summed E-state index contributed by atoms with van der Waals surface area (Å²) in [5.74, 6) is -0.0337. The number of piperidine rings is 1. The van der Waals surface area contributed by atoms with Crippen LogP contribution in [0.2, 0.25) is 0 Å². The molecule has 6 nitrogen and oxygen atoms in total. The van der Waals surface area contributed by atoms with Crippen LogP contribution < -0.4 is 10.6 Å². The SMILES string of the molecule is Cc1cc(C(=O)NCC2(C)CCNCC2)c2cnn(C(C)C)c2n1.Cl.Cl. The van der Waals surface area contributed by atoms with Gasteiger partial charge >= 0.3 is 0 Å². The first-order valence-electron chi connectivity index (χ1n) is 8.73. The number of hydrogen-bond donors (Lipinski definition) is 2. The largest absolute Gasteiger partial charge is 0.351 e. The topological polar surface area (TPSA) is 71.8 Å². The Morgan fingerprint density at radius 3 is 2.62 bits per heavy atom. The number of aryl methyl sites for hydroxylation is 1. The van der Waals surface area contributed by atoms with Gasteiger partial charge in [0, 0.05) is 18.3 Å². The Morgan fingerprint density at radius 2 is 2.00 bits per heavy atom. The Hall–Kier alpha value is -1.37. The van der Waals surface area contributed by atoms with Gasteiger partial charge in [-0.15, -0.1) is 24.8 Å². The van der Waals surface area contributed by atoms with E-state index in [-0.39, 0.29) is 42.2 Å². The van der Waals surface area contributed by atoms with Gasteiger partial charge in [-0.05, 0) is 58.2 Å². The molecular formula is C18H29Cl2N5O. The van der Waals surface area contributed by atoms with Crippen molar-refractivity contribution in [3.63, 3.8) is 0 Å². The van der Waals surface area contributed by atoms with Crippen molar-refractivity contribution >= 4 is 41.8 Å². The molecule has 1 aliphatic rings. The summed E-state index contributed by atoms with van der Waals surface area (Å²) < 4.78 is 1.87. The lowest BCUT2D eigenvalue weighted by atomic mass is 9.81. The Kier molecular flexibility index (Phi) is 7.86. The molecule has 2 aromatic heterocycles. The number of hydrogen-bond acceptors (Lipinski definition) is 4. The third kappa shape index (κ3) is 4.67. The van der Waals surface area contributed by atoms with Crippen LogP contribution in [0, 0.1) is 12.3 Å². The maximum absolute atomic E-state index is 12.8. The number of nitrogens with zero attached hydrogens (tertiary/aromatic N) is 3. The summed E-state index contributed by atoms with van der Waals surface area (Å²) in [6, 6.07) is 2.07. The zero-order valence-corrected chi connectivity index (χ0v) is 17.5. The average molecular weight is 402 g/mol. The number of fused-ring (bicyclic) bond motifs is 1. The first kappa shape index (κ1) is 22.7. The third-order valence-corrected chi connectivity index (χ3v) is 4.91. The van der Waals surface area contributed by atoms with Gasteiger partial charge in [0.15, 0.2) is 5.65 Å². The van der Waals surface area contributed by atoms with Crippen LogP contribution in [0.5, 0.6) is 0 Å². The molecule has 1 saturated heterocycles. The fourth-order valence-corrected chi connectivity index (χ4v) is 3.30. The number of amides is 1. The number of carbonyl (C=O) groups is 1. The van der Waals surface area contributed by atoms with Gasteiger partial charge in [-0.3, -0.25) is 4.79 Å². The number of carbonyl (C=O) groups excluding carboxylic acids is 1. The monoisotopic (exact) mass is 401 g/mol. The van der Waals surface area contributed by atoms with E-state index < -0.39 is 0 Å². The standard InChI is InChI=1S/C18H27N5O.2ClH/c1-12(2)23-16-15(10-21-23)14(9-13(3)22-16)17(24)20-11-18(4)5-7-19-8-6-18;;/h9-10,12,19H,5-8,11H2,1-4H3,(H,20,24);2*1H. The van der Waals surface area contributed by atoms with E-state index in [4.69, 9.17) is 0 Å². The highest BCUT2D eigenvalue weighted by Crippen LogP contribution is 2.27. The molecule has 0 aromatic carbocycles. The Balaban J connectivity index is 0.00000169. The van der Waals surface area contributed by atoms with Crippen molar-refractivity contribution in [3.8, 4) is 0 Å². The van der Waals surface area contributed by atoms with Crippen LogP contribution in [0.4, 0.5) is 0 Å². The second-order valence-electron chi connectivity index (χ2n) is 7.47. The fraction of sp³-hybridized carbons (Fsp3) is 0.611. The van der Waals surface area contributed by atoms with E-state index in [0.717, 1.165) is 42.7 Å². The van der Waals surface area contributed by atoms with Crippen LogP contribution in [-0.4, -0.2) is 40.3 Å². The summed E-state index contributed by atoms with van der Waals surface area (Å²) in [5, 5.41) is 11.7. The van der Waals surface area contributed by atoms with Crippen molar-refractivity contribution in [3.05, 3.63) is 23.5 Å². The molecule has 0 bridgehead atoms. The van der Waals surface area contributed by atoms with Crippen LogP contribution in [-0.2, 0) is 0 Å². The van der Waals surface area contributed by atoms with E-state index >= 15 is 0 Å². The van der Waals surface area contributed by atoms with E-state index in [1.165, 1.54) is 0 Å². The Bertz CT molecular complexity index is 753. The van der Waals surface area contributed by atoms with Crippen LogP contribution in [0.15, 0.2) is 12.3 Å². The van der Waals surface area contributed by atoms with Gasteiger partial charge in [0.25, 0.3) is 5.91 Å². The minimum absolute atomic E-state index is 0. The molecule has 8 heteroatoms. The number of aromatic nitrogens is 3. The molecule has 3 rings (SSSR count). The third-order valence-electron chi connectivity index (χ3n) is 4.91. The lowest BCUT2D eigenvalue weighted by molar-refractivity contribution is 0.0923. The highest BCUT2D eigenvalue weighted by atomic mass is 35.5. The van der Waals surface area contributed by atoms with E-state index in [1.807, 2.05) is 17.7 Å². The molecule has 0 radical (unpaired) electrons. The summed E-state index contributed by atoms with van der Waals surface area (Å²) in [6.45, 7) is 11.0. The molecule has 1 amide bonds. The molecule has 0 atom stereocenters. The molecule has 0 unspecified atom stereocenters. The van der Waals surface area contributed by atoms with Crippen molar-refractivity contribution in [1.82, 2.24) is 25.4 Å². The summed E-state index contributed by atoms with van der Waals surface area (Å²) in [4.78, 5) is 17.4. The maximum atomic E-state index is 12.8. The highest BCUT2D eigenvalue weighted by molar-refractivity contribution is 6.05. The van der Waals surface area contributed by atoms with Crippen molar-refractivity contribution in [2.45, 2.75) is 46.6 Å². The quantitative estimate of drug-likeness (QED) is 0.824. The molecule has 0 spiro atoms. The van der Waals surface area contributed by atoms with Gasteiger partial charge in [-0.25, -0.2) is 9.67 Å². The fourth-order valence-electron chi connectivity index (χ4n) is 3.30. The first-order valence-corrected chi connectivity index (χ1v) is 8.73. The average Bonchev–Trinajstić information content (AvgIpc) is 2.96. The van der Waals surface area contributed by atoms with Crippen LogP contribution >= 0.6 is 24.8 Å². The zero-order valence-electron chi connectivity index (χ0n) is 15.8. The van der Waals surface area contributed by atoms with E-state index in [0.29, 0.717) is 12.1 Å². The molecule has 146 valence electrons. The summed E-state index contributed by atoms with van der Waals surface area (Å²) in [7, 11) is 0. The second kappa shape index (κ2) is 9.02. The van der Waals surface area contributed by atoms with Crippen molar-refractivity contribution < 1.29 is 4.79 Å². The van der Waals surface area contributed by atoms with Crippen LogP contribution in [0.1, 0.15) is 55.7 Å². The van der Waals surface area contributed by atoms with Gasteiger partial charge in [0.1, 0.15) is 0 Å². The van der Waals surface area contributed by atoms with Gasteiger partial charge in [0.2, 0.25) is 0 Å². The molecule has 1 aliphatic heterocycles. The minimum Gasteiger partial charge on any atom is -0.351 e. The summed E-state index contributed by atoms with van der Waals surface area (Å²) in [5.41, 5.74) is 2.46. The van der Waals surface area contributed by atoms with E-state index in [9.17, 15) is 4.79 Å². The molecule has 2 N–H and O–H groups in total. The minimum atomic E-state index is -0.0337. The molecule has 0 aliphatic carbocycles. The highest BCUT2D eigenvalue weighted by Gasteiger charge is 2.27. The van der Waals surface area contributed by atoms with E-state index in [1.54, 1.807) is 6.20 Å². The lowest BCUT2D eigenvalue weighted by Crippen LogP contribution is -2.42. The molecule has 26 heavy (non-hydrogen) atoms. The second-order valence-corrected chi connectivity index (χ2v) is 7.47. The van der Waals surface area contributed by atoms with Crippen LogP contribution in [0.25, 0.3) is 11.0 Å². The van der Waals surface area contributed by atoms with Crippen LogP contribution in [0.3, 0.4) is 0 Å². The maximum Gasteiger partial charge on any atom is 0.252 e. The van der Waals surface area contributed by atoms with Gasteiger partial charge < -0.3 is 10.6 Å². The van der Waals surface area contributed by atoms with Gasteiger partial charge in [0.05, 0.1) is 17.1 Å². The van der Waals surface area contributed by atoms with Crippen molar-refractivity contribution in [2.75, 3.05) is 19.6 Å². The van der Waals surface area contributed by atoms with Gasteiger partial charge in [-0.2, -0.15) is 5.10 Å². The van der Waals surface area contributed by atoms with Crippen molar-refractivity contribution in [2.24, 2.45) is 5.41 Å². The number of halogens is 2. The van der Waals surface area contributed by atoms with Crippen molar-refractivity contribution in [1.29, 1.82) is 0 Å². The summed E-state index contributed by atoms with van der Waals surface area (Å²) >= 11 is 0. The predicted octanol–water partition coefficient (Wildman–Crippen LogP) is 3.28. The number of nitrogens with one attached hydrogen (secondary N) is 2. The Labute approximate surface area is 167 Å². The van der Waals surface area contributed by atoms with E-state index in [2.05, 4.69) is 41.5 Å². The number of rotatable bonds is 4. The smallest absolute Gasteiger partial charge is 0.252 e. The lowest BCUT2D eigenvalue weighted by Gasteiger charge is -2.34. The molecule has 2 aromatic rings. The Morgan fingerprint density at radius 1 is 1.35 bits per heavy atom. The normalized spacial score (nSPS) is 16.0. The number of pyridine rings is 1. The van der Waals surface area contributed by atoms with Gasteiger partial charge in [-0.1, -0.05) is 6.92 Å². The molecule has 1 fully saturated rings. The summed E-state index contributed by atoms with van der Waals surface area (Å²) in [6.07, 6.45) is 3.93. The zero-order chi connectivity index (χ0) is 17.3. The molecule has 3 heterocycles. The molecule has 0 saturated carbocycles.